The van der Waals surface area contributed by atoms with E-state index >= 15 is 0 Å². The number of aliphatic hydroxyl groups is 2. The quantitative estimate of drug-likeness (QED) is 0.0242. The summed E-state index contributed by atoms with van der Waals surface area (Å²) in [6.45, 7) is 20.2. The maximum absolute atomic E-state index is 13.4. The van der Waals surface area contributed by atoms with E-state index in [2.05, 4.69) is 26.3 Å². The highest BCUT2D eigenvalue weighted by atomic mass is 16.6. The van der Waals surface area contributed by atoms with Crippen molar-refractivity contribution >= 4 is 47.8 Å². The first-order valence-electron chi connectivity index (χ1n) is 23.6. The van der Waals surface area contributed by atoms with Gasteiger partial charge in [0.2, 0.25) is 0 Å². The van der Waals surface area contributed by atoms with Crippen LogP contribution in [0.4, 0.5) is 0 Å². The van der Waals surface area contributed by atoms with Crippen molar-refractivity contribution in [1.29, 1.82) is 0 Å². The van der Waals surface area contributed by atoms with Gasteiger partial charge in [-0.3, -0.25) is 0 Å². The van der Waals surface area contributed by atoms with Crippen LogP contribution in [0, 0.1) is 0 Å². The van der Waals surface area contributed by atoms with Crippen molar-refractivity contribution in [3.63, 3.8) is 0 Å². The Labute approximate surface area is 444 Å². The molecule has 0 fully saturated rings. The molecule has 4 aromatic rings. The lowest BCUT2D eigenvalue weighted by Crippen LogP contribution is -2.26. The molecule has 77 heavy (non-hydrogen) atoms. The van der Waals surface area contributed by atoms with Crippen molar-refractivity contribution in [2.45, 2.75) is 59.2 Å². The molecular formula is C57H60O20. The summed E-state index contributed by atoms with van der Waals surface area (Å²) in [6, 6.07) is 22.0. The second kappa shape index (κ2) is 28.7. The van der Waals surface area contributed by atoms with E-state index in [0.717, 1.165) is 11.1 Å². The van der Waals surface area contributed by atoms with Crippen molar-refractivity contribution in [2.24, 2.45) is 0 Å². The maximum atomic E-state index is 13.4. The van der Waals surface area contributed by atoms with E-state index in [9.17, 15) is 48.6 Å². The van der Waals surface area contributed by atoms with Gasteiger partial charge < -0.3 is 57.6 Å². The molecule has 2 N–H and O–H groups in total. The van der Waals surface area contributed by atoms with Gasteiger partial charge in [0.15, 0.2) is 0 Å². The van der Waals surface area contributed by atoms with Gasteiger partial charge in [-0.2, -0.15) is 0 Å². The summed E-state index contributed by atoms with van der Waals surface area (Å²) in [4.78, 5) is 100. The van der Waals surface area contributed by atoms with Gasteiger partial charge >= 0.3 is 47.8 Å². The number of ether oxygens (including phenoxy) is 10. The number of rotatable bonds is 28. The highest BCUT2D eigenvalue weighted by molar-refractivity contribution is 6.04. The molecule has 0 aliphatic rings. The average Bonchev–Trinajstić information content (AvgIpc) is 3.40. The summed E-state index contributed by atoms with van der Waals surface area (Å²) < 4.78 is 52.9. The normalized spacial score (nSPS) is 11.5. The summed E-state index contributed by atoms with van der Waals surface area (Å²) >= 11 is 0. The zero-order chi connectivity index (χ0) is 57.0. The Balaban J connectivity index is 1.49. The topological polar surface area (TPSA) is 269 Å². The molecule has 20 heteroatoms. The molecule has 4 rings (SSSR count). The third-order valence-corrected chi connectivity index (χ3v) is 10.6. The molecule has 2 atom stereocenters. The van der Waals surface area contributed by atoms with Gasteiger partial charge in [0.05, 0.1) is 22.3 Å². The van der Waals surface area contributed by atoms with Crippen LogP contribution in [0.1, 0.15) is 94.1 Å². The van der Waals surface area contributed by atoms with Gasteiger partial charge in [-0.15, -0.1) is 0 Å². The summed E-state index contributed by atoms with van der Waals surface area (Å²) in [5, 5.41) is 20.6. The Morgan fingerprint density at radius 2 is 0.662 bits per heavy atom. The zero-order valence-electron chi connectivity index (χ0n) is 43.5. The van der Waals surface area contributed by atoms with Gasteiger partial charge in [0, 0.05) is 27.7 Å². The number of esters is 8. The van der Waals surface area contributed by atoms with Crippen LogP contribution in [0.25, 0.3) is 0 Å². The Morgan fingerprint density at radius 3 is 0.987 bits per heavy atom. The molecule has 0 amide bonds. The lowest BCUT2D eigenvalue weighted by Gasteiger charge is -2.26. The first-order chi connectivity index (χ1) is 36.4. The van der Waals surface area contributed by atoms with Crippen molar-refractivity contribution in [2.75, 3.05) is 52.9 Å². The van der Waals surface area contributed by atoms with Crippen LogP contribution in [0.15, 0.2) is 134 Å². The van der Waals surface area contributed by atoms with Crippen molar-refractivity contribution in [1.82, 2.24) is 0 Å². The van der Waals surface area contributed by atoms with Gasteiger partial charge in [-0.1, -0.05) is 64.4 Å². The fraction of sp³-hybridized carbons (Fsp3) is 0.298. The van der Waals surface area contributed by atoms with Crippen LogP contribution in [-0.4, -0.2) is 123 Å². The molecule has 0 aliphatic carbocycles. The molecule has 4 aromatic carbocycles. The predicted octanol–water partition coefficient (Wildman–Crippen LogP) is 7.42. The minimum Gasteiger partial charge on any atom is -0.459 e. The Morgan fingerprint density at radius 1 is 0.390 bits per heavy atom. The van der Waals surface area contributed by atoms with Crippen molar-refractivity contribution in [3.05, 3.63) is 167 Å². The summed E-state index contributed by atoms with van der Waals surface area (Å²) in [5.74, 6) is -5.89. The molecule has 0 aromatic heterocycles. The standard InChI is InChI=1S/C57H60O20/c1-33(2)49(60)68-23-25-70-53(64)45-21-19-43(27-47(45)55(66)74-31-39(58)29-72-51(62)35(5)6)76-41-15-11-37(12-16-41)57(9,10)38-13-17-42(18-14-38)77-44-20-22-46(54(65)71-26-24-69-50(61)34(3)4)48(28-44)56(67)75-32-40(59)30-73-52(63)36(7)8/h11-22,27-28,39-40,58-59H,1,3,5,7,23-26,29-32H2,2,4,6,8-10H3. The molecule has 20 nitrogen and oxygen atoms in total. The number of aliphatic hydroxyl groups excluding tert-OH is 2. The van der Waals surface area contributed by atoms with Crippen LogP contribution < -0.4 is 9.47 Å². The van der Waals surface area contributed by atoms with Crippen LogP contribution >= 0.6 is 0 Å². The van der Waals surface area contributed by atoms with Crippen molar-refractivity contribution in [3.8, 4) is 23.0 Å². The molecule has 0 bridgehead atoms. The van der Waals surface area contributed by atoms with E-state index in [1.807, 2.05) is 38.1 Å². The van der Waals surface area contributed by atoms with Gasteiger partial charge in [-0.25, -0.2) is 38.4 Å². The smallest absolute Gasteiger partial charge is 0.339 e. The predicted molar refractivity (Wildman–Crippen MR) is 274 cm³/mol. The first kappa shape index (κ1) is 60.7. The first-order valence-corrected chi connectivity index (χ1v) is 23.6. The van der Waals surface area contributed by atoms with E-state index in [0.29, 0.717) is 11.5 Å². The molecular weight excluding hydrogens is 1000 g/mol. The fourth-order valence-corrected chi connectivity index (χ4v) is 6.31. The second-order valence-electron chi connectivity index (χ2n) is 17.7. The van der Waals surface area contributed by atoms with Crippen LogP contribution in [0.3, 0.4) is 0 Å². The van der Waals surface area contributed by atoms with Crippen molar-refractivity contribution < 1.29 is 95.9 Å². The molecule has 0 spiro atoms. The summed E-state index contributed by atoms with van der Waals surface area (Å²) in [7, 11) is 0. The number of benzene rings is 4. The monoisotopic (exact) mass is 1060 g/mol. The molecule has 2 unspecified atom stereocenters. The Kier molecular flexibility index (Phi) is 22.6. The highest BCUT2D eigenvalue weighted by Gasteiger charge is 2.27. The fourth-order valence-electron chi connectivity index (χ4n) is 6.31. The molecule has 0 radical (unpaired) electrons. The van der Waals surface area contributed by atoms with Crippen LogP contribution in [0.5, 0.6) is 23.0 Å². The highest BCUT2D eigenvalue weighted by Crippen LogP contribution is 2.35. The summed E-state index contributed by atoms with van der Waals surface area (Å²) in [5.41, 5.74) is 0.616. The zero-order valence-corrected chi connectivity index (χ0v) is 43.5. The van der Waals surface area contributed by atoms with E-state index < -0.39 is 91.8 Å². The summed E-state index contributed by atoms with van der Waals surface area (Å²) in [6.07, 6.45) is -2.81. The Bertz CT molecular complexity index is 2680. The minimum absolute atomic E-state index is 0.103. The second-order valence-corrected chi connectivity index (χ2v) is 17.7. The van der Waals surface area contributed by atoms with E-state index in [4.69, 9.17) is 47.4 Å². The molecule has 0 saturated carbocycles. The largest absolute Gasteiger partial charge is 0.459 e. The number of hydrogen-bond donors (Lipinski definition) is 2. The van der Waals surface area contributed by atoms with Gasteiger partial charge in [0.1, 0.15) is 88.1 Å². The lowest BCUT2D eigenvalue weighted by molar-refractivity contribution is -0.143. The number of carbonyl (C=O) groups is 8. The maximum Gasteiger partial charge on any atom is 0.339 e. The van der Waals surface area contributed by atoms with Gasteiger partial charge in [0.25, 0.3) is 0 Å². The SMILES string of the molecule is C=C(C)C(=O)OCCOC(=O)c1ccc(Oc2ccc(C(C)(C)c3ccc(Oc4ccc(C(=O)OCCOC(=O)C(=C)C)c(C(=O)OCC(O)COC(=O)C(=C)C)c4)cc3)cc2)cc1C(=O)OCC(O)COC(=O)C(=C)C. The molecule has 0 saturated heterocycles. The van der Waals surface area contributed by atoms with Crippen LogP contribution in [0.2, 0.25) is 0 Å². The molecule has 408 valence electrons. The minimum atomic E-state index is -1.41. The van der Waals surface area contributed by atoms with E-state index in [1.165, 1.54) is 64.1 Å². The Hall–Kier alpha value is -8.88. The van der Waals surface area contributed by atoms with Gasteiger partial charge in [-0.05, 0) is 99.5 Å². The lowest BCUT2D eigenvalue weighted by atomic mass is 9.78. The third-order valence-electron chi connectivity index (χ3n) is 10.6. The van der Waals surface area contributed by atoms with Crippen LogP contribution in [-0.2, 0) is 62.5 Å². The third kappa shape index (κ3) is 18.8. The molecule has 0 aliphatic heterocycles. The average molecular weight is 1070 g/mol. The van der Waals surface area contributed by atoms with E-state index in [1.54, 1.807) is 24.3 Å². The van der Waals surface area contributed by atoms with E-state index in [-0.39, 0.29) is 82.5 Å². The number of hydrogen-bond acceptors (Lipinski definition) is 20. The number of carbonyl (C=O) groups excluding carboxylic acids is 8. The molecule has 0 heterocycles.